The van der Waals surface area contributed by atoms with E-state index in [1.54, 1.807) is 12.1 Å². The van der Waals surface area contributed by atoms with E-state index in [0.29, 0.717) is 67.0 Å². The zero-order chi connectivity index (χ0) is 31.6. The van der Waals surface area contributed by atoms with Gasteiger partial charge in [-0.2, -0.15) is 10.5 Å². The zero-order valence-electron chi connectivity index (χ0n) is 24.7. The monoisotopic (exact) mass is 666 g/mol. The minimum Gasteiger partial charge on any atom is -0.488 e. The molecule has 1 heterocycles. The topological polar surface area (TPSA) is 126 Å². The number of fused-ring (bicyclic) bond motifs is 1. The molecular formula is C35H31BrN4O5. The smallest absolute Gasteiger partial charge is 0.216 e. The molecule has 0 atom stereocenters. The van der Waals surface area contributed by atoms with Crippen LogP contribution in [0.2, 0.25) is 0 Å². The standard InChI is InChI=1S/C35H31BrN4O5/c1-23(41)40-11-10-39-20-28-15-31(36)34(17-33(28)44-21-25-5-2-4-24(14-25)18-37)45-22-27-6-3-7-29(30(27)19-38)26-8-9-32-35(16-26)43-13-12-42-32/h2-9,14-17,39H,10-13,20-22H2,1H3,(H,40,41). The highest BCUT2D eigenvalue weighted by Gasteiger charge is 2.17. The summed E-state index contributed by atoms with van der Waals surface area (Å²) in [5.74, 6) is 2.42. The first-order valence-corrected chi connectivity index (χ1v) is 15.2. The third kappa shape index (κ3) is 8.12. The van der Waals surface area contributed by atoms with Gasteiger partial charge in [0.15, 0.2) is 11.5 Å². The summed E-state index contributed by atoms with van der Waals surface area (Å²) in [6.45, 7) is 4.45. The van der Waals surface area contributed by atoms with E-state index in [1.807, 2.05) is 60.7 Å². The number of halogens is 1. The third-order valence-corrected chi connectivity index (χ3v) is 7.68. The first-order valence-electron chi connectivity index (χ1n) is 14.4. The fraction of sp³-hybridized carbons (Fsp3) is 0.229. The van der Waals surface area contributed by atoms with Gasteiger partial charge in [-0.25, -0.2) is 0 Å². The predicted molar refractivity (Wildman–Crippen MR) is 172 cm³/mol. The van der Waals surface area contributed by atoms with E-state index in [1.165, 1.54) is 6.92 Å². The van der Waals surface area contributed by atoms with Crippen LogP contribution >= 0.6 is 15.9 Å². The van der Waals surface area contributed by atoms with Crippen molar-refractivity contribution in [3.63, 3.8) is 0 Å². The normalized spacial score (nSPS) is 11.6. The van der Waals surface area contributed by atoms with Crippen LogP contribution in [0.4, 0.5) is 0 Å². The Labute approximate surface area is 270 Å². The quantitative estimate of drug-likeness (QED) is 0.176. The highest BCUT2D eigenvalue weighted by Crippen LogP contribution is 2.37. The molecule has 10 heteroatoms. The van der Waals surface area contributed by atoms with Crippen molar-refractivity contribution in [2.24, 2.45) is 0 Å². The van der Waals surface area contributed by atoms with Gasteiger partial charge >= 0.3 is 0 Å². The molecule has 0 saturated heterocycles. The molecule has 0 bridgehead atoms. The van der Waals surface area contributed by atoms with Crippen molar-refractivity contribution in [1.29, 1.82) is 10.5 Å². The van der Waals surface area contributed by atoms with Gasteiger partial charge in [0, 0.05) is 43.8 Å². The Morgan fingerprint density at radius 1 is 0.867 bits per heavy atom. The van der Waals surface area contributed by atoms with Crippen molar-refractivity contribution in [2.45, 2.75) is 26.7 Å². The minimum absolute atomic E-state index is 0.0824. The molecule has 0 saturated carbocycles. The number of hydrogen-bond donors (Lipinski definition) is 2. The molecule has 0 aromatic heterocycles. The van der Waals surface area contributed by atoms with Gasteiger partial charge in [0.2, 0.25) is 5.91 Å². The molecule has 0 unspecified atom stereocenters. The third-order valence-electron chi connectivity index (χ3n) is 7.06. The number of rotatable bonds is 12. The van der Waals surface area contributed by atoms with E-state index in [0.717, 1.165) is 32.3 Å². The Hall–Kier alpha value is -5.03. The molecule has 1 aliphatic heterocycles. The van der Waals surface area contributed by atoms with E-state index in [-0.39, 0.29) is 19.1 Å². The zero-order valence-corrected chi connectivity index (χ0v) is 26.3. The number of carbonyl (C=O) groups is 1. The van der Waals surface area contributed by atoms with Crippen molar-refractivity contribution in [3.8, 4) is 46.3 Å². The van der Waals surface area contributed by atoms with Gasteiger partial charge in [0.1, 0.15) is 44.0 Å². The summed E-state index contributed by atoms with van der Waals surface area (Å²) in [5.41, 5.74) is 5.17. The summed E-state index contributed by atoms with van der Waals surface area (Å²) in [5, 5.41) is 25.5. The van der Waals surface area contributed by atoms with Crippen LogP contribution < -0.4 is 29.6 Å². The summed E-state index contributed by atoms with van der Waals surface area (Å²) in [6, 6.07) is 26.9. The van der Waals surface area contributed by atoms with Crippen LogP contribution in [0.15, 0.2) is 77.3 Å². The van der Waals surface area contributed by atoms with E-state index >= 15 is 0 Å². The molecule has 1 amide bonds. The van der Waals surface area contributed by atoms with Crippen LogP contribution in [0.5, 0.6) is 23.0 Å². The van der Waals surface area contributed by atoms with Crippen molar-refractivity contribution in [1.82, 2.24) is 10.6 Å². The molecule has 4 aromatic carbocycles. The Morgan fingerprint density at radius 2 is 1.67 bits per heavy atom. The number of ether oxygens (including phenoxy) is 4. The molecule has 1 aliphatic rings. The molecular weight excluding hydrogens is 636 g/mol. The highest BCUT2D eigenvalue weighted by molar-refractivity contribution is 9.10. The molecule has 0 fully saturated rings. The fourth-order valence-corrected chi connectivity index (χ4v) is 5.37. The van der Waals surface area contributed by atoms with Gasteiger partial charge < -0.3 is 29.6 Å². The molecule has 0 aliphatic carbocycles. The number of nitriles is 2. The first-order chi connectivity index (χ1) is 21.9. The van der Waals surface area contributed by atoms with Crippen molar-refractivity contribution in [3.05, 3.63) is 105 Å². The van der Waals surface area contributed by atoms with E-state index in [4.69, 9.17) is 18.9 Å². The van der Waals surface area contributed by atoms with Crippen LogP contribution in [0.25, 0.3) is 11.1 Å². The van der Waals surface area contributed by atoms with Gasteiger partial charge in [-0.3, -0.25) is 4.79 Å². The number of amides is 1. The predicted octanol–water partition coefficient (Wildman–Crippen LogP) is 6.01. The SMILES string of the molecule is CC(=O)NCCNCc1cc(Br)c(OCc2cccc(-c3ccc4c(c3)OCCO4)c2C#N)cc1OCc1cccc(C#N)c1. The summed E-state index contributed by atoms with van der Waals surface area (Å²) in [6.07, 6.45) is 0. The first kappa shape index (κ1) is 31.4. The molecule has 9 nitrogen and oxygen atoms in total. The fourth-order valence-electron chi connectivity index (χ4n) is 4.86. The molecule has 0 spiro atoms. The molecule has 5 rings (SSSR count). The lowest BCUT2D eigenvalue weighted by atomic mass is 9.96. The number of nitrogens with zero attached hydrogens (tertiary/aromatic N) is 2. The van der Waals surface area contributed by atoms with Gasteiger partial charge in [-0.15, -0.1) is 0 Å². The van der Waals surface area contributed by atoms with Crippen LogP contribution in [-0.4, -0.2) is 32.2 Å². The summed E-state index contributed by atoms with van der Waals surface area (Å²) in [7, 11) is 0. The maximum atomic E-state index is 11.2. The average molecular weight is 668 g/mol. The molecule has 228 valence electrons. The second-order valence-corrected chi connectivity index (χ2v) is 11.1. The minimum atomic E-state index is -0.0824. The van der Waals surface area contributed by atoms with Crippen molar-refractivity contribution < 1.29 is 23.7 Å². The van der Waals surface area contributed by atoms with E-state index in [9.17, 15) is 15.3 Å². The van der Waals surface area contributed by atoms with Gasteiger partial charge in [0.25, 0.3) is 0 Å². The Bertz CT molecular complexity index is 1780. The summed E-state index contributed by atoms with van der Waals surface area (Å²) in [4.78, 5) is 11.2. The summed E-state index contributed by atoms with van der Waals surface area (Å²) >= 11 is 3.64. The number of nitrogens with one attached hydrogen (secondary N) is 2. The largest absolute Gasteiger partial charge is 0.488 e. The number of benzene rings is 4. The van der Waals surface area contributed by atoms with Gasteiger partial charge in [-0.05, 0) is 63.0 Å². The molecule has 2 N–H and O–H groups in total. The Kier molecular flexibility index (Phi) is 10.5. The van der Waals surface area contributed by atoms with E-state index in [2.05, 4.69) is 38.7 Å². The van der Waals surface area contributed by atoms with Crippen LogP contribution in [0.1, 0.15) is 34.7 Å². The lowest BCUT2D eigenvalue weighted by Gasteiger charge is -2.19. The number of hydrogen-bond acceptors (Lipinski definition) is 8. The number of carbonyl (C=O) groups excluding carboxylic acids is 1. The highest BCUT2D eigenvalue weighted by atomic mass is 79.9. The summed E-state index contributed by atoms with van der Waals surface area (Å²) < 4.78 is 24.6. The lowest BCUT2D eigenvalue weighted by molar-refractivity contribution is -0.118. The van der Waals surface area contributed by atoms with Gasteiger partial charge in [0.05, 0.1) is 21.7 Å². The lowest BCUT2D eigenvalue weighted by Crippen LogP contribution is -2.30. The maximum Gasteiger partial charge on any atom is 0.216 e. The molecule has 4 aromatic rings. The maximum absolute atomic E-state index is 11.2. The molecule has 45 heavy (non-hydrogen) atoms. The van der Waals surface area contributed by atoms with Crippen LogP contribution in [0, 0.1) is 22.7 Å². The second kappa shape index (κ2) is 15.1. The molecule has 0 radical (unpaired) electrons. The van der Waals surface area contributed by atoms with Crippen molar-refractivity contribution >= 4 is 21.8 Å². The van der Waals surface area contributed by atoms with Crippen LogP contribution in [-0.2, 0) is 24.6 Å². The van der Waals surface area contributed by atoms with Crippen molar-refractivity contribution in [2.75, 3.05) is 26.3 Å². The van der Waals surface area contributed by atoms with Gasteiger partial charge in [-0.1, -0.05) is 36.4 Å². The Morgan fingerprint density at radius 3 is 2.47 bits per heavy atom. The van der Waals surface area contributed by atoms with E-state index < -0.39 is 0 Å². The second-order valence-electron chi connectivity index (χ2n) is 10.2. The average Bonchev–Trinajstić information content (AvgIpc) is 3.06. The Balaban J connectivity index is 1.36. The van der Waals surface area contributed by atoms with Crippen LogP contribution in [0.3, 0.4) is 0 Å².